The van der Waals surface area contributed by atoms with Crippen LogP contribution in [-0.4, -0.2) is 48.4 Å². The summed E-state index contributed by atoms with van der Waals surface area (Å²) in [6.45, 7) is 3.97. The van der Waals surface area contributed by atoms with Gasteiger partial charge in [0.1, 0.15) is 12.4 Å². The summed E-state index contributed by atoms with van der Waals surface area (Å²) in [6, 6.07) is -0.634. The van der Waals surface area contributed by atoms with E-state index in [2.05, 4.69) is 5.32 Å². The van der Waals surface area contributed by atoms with Crippen molar-refractivity contribution in [2.45, 2.75) is 20.3 Å². The van der Waals surface area contributed by atoms with E-state index in [9.17, 15) is 14.4 Å². The molecule has 0 saturated heterocycles. The second-order valence-electron chi connectivity index (χ2n) is 3.21. The number of alkyl halides is 1. The van der Waals surface area contributed by atoms with Gasteiger partial charge in [0.15, 0.2) is 0 Å². The molecule has 0 heterocycles. The molecule has 0 aromatic rings. The Hall–Kier alpha value is -1.30. The minimum Gasteiger partial charge on any atom is -0.465 e. The Morgan fingerprint density at radius 2 is 1.94 bits per heavy atom. The molecule has 7 heteroatoms. The Morgan fingerprint density at radius 3 is 2.41 bits per heavy atom. The van der Waals surface area contributed by atoms with Crippen molar-refractivity contribution in [3.8, 4) is 0 Å². The molecular weight excluding hydrogens is 248 g/mol. The van der Waals surface area contributed by atoms with Crippen LogP contribution in [0.1, 0.15) is 20.3 Å². The highest BCUT2D eigenvalue weighted by molar-refractivity contribution is 6.28. The first-order valence-corrected chi connectivity index (χ1v) is 5.88. The maximum atomic E-state index is 11.6. The van der Waals surface area contributed by atoms with Gasteiger partial charge in [-0.2, -0.15) is 0 Å². The molecule has 0 unspecified atom stereocenters. The lowest BCUT2D eigenvalue weighted by Crippen LogP contribution is -2.46. The average Bonchev–Trinajstić information content (AvgIpc) is 2.28. The molecule has 0 fully saturated rings. The van der Waals surface area contributed by atoms with Crippen LogP contribution < -0.4 is 5.32 Å². The molecule has 0 aliphatic rings. The van der Waals surface area contributed by atoms with Gasteiger partial charge in [-0.3, -0.25) is 14.9 Å². The predicted octanol–water partition coefficient (Wildman–Crippen LogP) is 0.736. The highest BCUT2D eigenvalue weighted by Gasteiger charge is 2.18. The van der Waals surface area contributed by atoms with Crippen LogP contribution in [0.3, 0.4) is 0 Å². The lowest BCUT2D eigenvalue weighted by atomic mass is 10.4. The number of carbonyl (C=O) groups excluding carboxylic acids is 3. The molecule has 17 heavy (non-hydrogen) atoms. The zero-order chi connectivity index (χ0) is 13.3. The lowest BCUT2D eigenvalue weighted by molar-refractivity contribution is -0.143. The normalized spacial score (nSPS) is 9.59. The number of rotatable bonds is 6. The number of nitrogens with one attached hydrogen (secondary N) is 1. The lowest BCUT2D eigenvalue weighted by Gasteiger charge is -2.20. The molecule has 1 N–H and O–H groups in total. The molecular formula is C10H17ClN2O4. The molecule has 0 aromatic carbocycles. The molecule has 3 amide bonds. The van der Waals surface area contributed by atoms with Gasteiger partial charge in [0, 0.05) is 6.54 Å². The van der Waals surface area contributed by atoms with Crippen LogP contribution in [0.15, 0.2) is 0 Å². The Bertz CT molecular complexity index is 283. The van der Waals surface area contributed by atoms with Crippen LogP contribution in [0.4, 0.5) is 4.79 Å². The van der Waals surface area contributed by atoms with E-state index in [4.69, 9.17) is 16.3 Å². The molecule has 0 aliphatic heterocycles. The third kappa shape index (κ3) is 6.78. The largest absolute Gasteiger partial charge is 0.465 e. The van der Waals surface area contributed by atoms with Gasteiger partial charge in [-0.15, -0.1) is 11.6 Å². The zero-order valence-electron chi connectivity index (χ0n) is 9.99. The Kier molecular flexibility index (Phi) is 8.13. The minimum atomic E-state index is -0.634. The standard InChI is InChI=1S/C10H17ClN2O4/c1-3-5-13(7-9(15)17-4-2)10(16)12-8(14)6-11/h3-7H2,1-2H3,(H,12,14,16). The van der Waals surface area contributed by atoms with Gasteiger partial charge >= 0.3 is 12.0 Å². The highest BCUT2D eigenvalue weighted by atomic mass is 35.5. The Labute approximate surface area is 105 Å². The molecule has 0 aliphatic carbocycles. The third-order valence-corrected chi connectivity index (χ3v) is 2.02. The van der Waals surface area contributed by atoms with Gasteiger partial charge in [0.2, 0.25) is 5.91 Å². The van der Waals surface area contributed by atoms with Crippen LogP contribution in [0.5, 0.6) is 0 Å². The van der Waals surface area contributed by atoms with Crippen LogP contribution in [0.2, 0.25) is 0 Å². The summed E-state index contributed by atoms with van der Waals surface area (Å²) in [5.74, 6) is -1.40. The van der Waals surface area contributed by atoms with E-state index in [1.807, 2.05) is 6.92 Å². The van der Waals surface area contributed by atoms with Crippen molar-refractivity contribution in [1.82, 2.24) is 10.2 Å². The van der Waals surface area contributed by atoms with Gasteiger partial charge in [-0.25, -0.2) is 4.79 Å². The summed E-state index contributed by atoms with van der Waals surface area (Å²) in [5, 5.41) is 2.07. The van der Waals surface area contributed by atoms with E-state index in [1.54, 1.807) is 6.92 Å². The Morgan fingerprint density at radius 1 is 1.29 bits per heavy atom. The fourth-order valence-electron chi connectivity index (χ4n) is 1.12. The van der Waals surface area contributed by atoms with E-state index in [1.165, 1.54) is 4.90 Å². The van der Waals surface area contributed by atoms with E-state index < -0.39 is 17.9 Å². The number of carbonyl (C=O) groups is 3. The van der Waals surface area contributed by atoms with Crippen LogP contribution in [0, 0.1) is 0 Å². The first kappa shape index (κ1) is 15.7. The van der Waals surface area contributed by atoms with E-state index in [-0.39, 0.29) is 19.0 Å². The minimum absolute atomic E-state index is 0.178. The molecule has 0 spiro atoms. The summed E-state index contributed by atoms with van der Waals surface area (Å²) in [5.41, 5.74) is 0. The number of urea groups is 1. The summed E-state index contributed by atoms with van der Waals surface area (Å²) in [7, 11) is 0. The smallest absolute Gasteiger partial charge is 0.325 e. The number of halogens is 1. The van der Waals surface area contributed by atoms with Crippen LogP contribution in [-0.2, 0) is 14.3 Å². The van der Waals surface area contributed by atoms with Crippen molar-refractivity contribution < 1.29 is 19.1 Å². The van der Waals surface area contributed by atoms with Crippen molar-refractivity contribution in [3.05, 3.63) is 0 Å². The number of amides is 3. The van der Waals surface area contributed by atoms with Gasteiger partial charge in [-0.05, 0) is 13.3 Å². The molecule has 0 radical (unpaired) electrons. The quantitative estimate of drug-likeness (QED) is 0.567. The summed E-state index contributed by atoms with van der Waals surface area (Å²) >= 11 is 5.26. The predicted molar refractivity (Wildman–Crippen MR) is 62.8 cm³/mol. The number of nitrogens with zero attached hydrogens (tertiary/aromatic N) is 1. The van der Waals surface area contributed by atoms with Gasteiger partial charge < -0.3 is 9.64 Å². The number of imide groups is 1. The maximum Gasteiger partial charge on any atom is 0.325 e. The summed E-state index contributed by atoms with van der Waals surface area (Å²) < 4.78 is 4.73. The Balaban J connectivity index is 4.34. The topological polar surface area (TPSA) is 75.7 Å². The first-order chi connectivity index (χ1) is 8.04. The summed E-state index contributed by atoms with van der Waals surface area (Å²) in [6.07, 6.45) is 0.669. The van der Waals surface area contributed by atoms with Crippen molar-refractivity contribution >= 4 is 29.5 Å². The number of ether oxygens (including phenoxy) is 1. The molecule has 0 aromatic heterocycles. The highest BCUT2D eigenvalue weighted by Crippen LogP contribution is 1.95. The number of hydrogen-bond acceptors (Lipinski definition) is 4. The van der Waals surface area contributed by atoms with Gasteiger partial charge in [-0.1, -0.05) is 6.92 Å². The molecule has 98 valence electrons. The molecule has 0 saturated carbocycles. The van der Waals surface area contributed by atoms with Crippen LogP contribution in [0.25, 0.3) is 0 Å². The van der Waals surface area contributed by atoms with Crippen molar-refractivity contribution in [2.24, 2.45) is 0 Å². The maximum absolute atomic E-state index is 11.6. The van der Waals surface area contributed by atoms with Gasteiger partial charge in [0.05, 0.1) is 6.61 Å². The average molecular weight is 265 g/mol. The second-order valence-corrected chi connectivity index (χ2v) is 3.48. The van der Waals surface area contributed by atoms with Crippen molar-refractivity contribution in [3.63, 3.8) is 0 Å². The van der Waals surface area contributed by atoms with E-state index >= 15 is 0 Å². The molecule has 0 rings (SSSR count). The van der Waals surface area contributed by atoms with Crippen molar-refractivity contribution in [2.75, 3.05) is 25.6 Å². The zero-order valence-corrected chi connectivity index (χ0v) is 10.7. The molecule has 0 atom stereocenters. The van der Waals surface area contributed by atoms with Crippen molar-refractivity contribution in [1.29, 1.82) is 0 Å². The SMILES string of the molecule is CCCN(CC(=O)OCC)C(=O)NC(=O)CCl. The number of esters is 1. The third-order valence-electron chi connectivity index (χ3n) is 1.77. The van der Waals surface area contributed by atoms with E-state index in [0.29, 0.717) is 13.0 Å². The summed E-state index contributed by atoms with van der Waals surface area (Å²) in [4.78, 5) is 34.9. The van der Waals surface area contributed by atoms with Crippen LogP contribution >= 0.6 is 11.6 Å². The molecule has 6 nitrogen and oxygen atoms in total. The fraction of sp³-hybridized carbons (Fsp3) is 0.700. The van der Waals surface area contributed by atoms with Gasteiger partial charge in [0.25, 0.3) is 0 Å². The number of hydrogen-bond donors (Lipinski definition) is 1. The first-order valence-electron chi connectivity index (χ1n) is 5.35. The monoisotopic (exact) mass is 264 g/mol. The fourth-order valence-corrected chi connectivity index (χ4v) is 1.18. The second kappa shape index (κ2) is 8.81. The molecule has 0 bridgehead atoms. The van der Waals surface area contributed by atoms with E-state index in [0.717, 1.165) is 0 Å².